The zero-order valence-corrected chi connectivity index (χ0v) is 13.2. The van der Waals surface area contributed by atoms with Crippen LogP contribution in [-0.4, -0.2) is 9.97 Å². The van der Waals surface area contributed by atoms with Crippen LogP contribution in [0.4, 0.5) is 0 Å². The Morgan fingerprint density at radius 1 is 1.09 bits per heavy atom. The molecule has 0 amide bonds. The molecule has 0 fully saturated rings. The van der Waals surface area contributed by atoms with Crippen LogP contribution in [0.15, 0.2) is 63.9 Å². The predicted octanol–water partition coefficient (Wildman–Crippen LogP) is 4.43. The van der Waals surface area contributed by atoms with Crippen molar-refractivity contribution in [3.05, 3.63) is 69.8 Å². The van der Waals surface area contributed by atoms with Gasteiger partial charge in [-0.05, 0) is 27.8 Å². The zero-order chi connectivity index (χ0) is 14.9. The first-order valence-corrected chi connectivity index (χ1v) is 8.74. The quantitative estimate of drug-likeness (QED) is 0.448. The van der Waals surface area contributed by atoms with Gasteiger partial charge >= 0.3 is 0 Å². The van der Waals surface area contributed by atoms with Gasteiger partial charge in [0.05, 0.1) is 5.52 Å². The van der Waals surface area contributed by atoms with Crippen LogP contribution in [0.5, 0.6) is 0 Å². The number of fused-ring (bicyclic) bond motifs is 2. The molecule has 1 N–H and O–H groups in total. The Morgan fingerprint density at radius 2 is 1.95 bits per heavy atom. The van der Waals surface area contributed by atoms with Gasteiger partial charge < -0.3 is 4.98 Å². The first-order chi connectivity index (χ1) is 10.8. The van der Waals surface area contributed by atoms with E-state index in [1.165, 1.54) is 27.7 Å². The third-order valence-corrected chi connectivity index (χ3v) is 5.33. The van der Waals surface area contributed by atoms with Crippen LogP contribution in [0.1, 0.15) is 5.56 Å². The molecular formula is C17H12N2OS2. The number of rotatable bonds is 3. The van der Waals surface area contributed by atoms with Crippen molar-refractivity contribution in [3.63, 3.8) is 0 Å². The van der Waals surface area contributed by atoms with Gasteiger partial charge in [-0.1, -0.05) is 54.2 Å². The minimum Gasteiger partial charge on any atom is -0.300 e. The number of H-pyrrole nitrogens is 1. The molecule has 5 heteroatoms. The highest BCUT2D eigenvalue weighted by Gasteiger charge is 2.06. The summed E-state index contributed by atoms with van der Waals surface area (Å²) in [5.41, 5.74) is 1.94. The van der Waals surface area contributed by atoms with E-state index < -0.39 is 0 Å². The summed E-state index contributed by atoms with van der Waals surface area (Å²) in [6.45, 7) is 0. The fourth-order valence-electron chi connectivity index (χ4n) is 2.40. The van der Waals surface area contributed by atoms with E-state index in [4.69, 9.17) is 0 Å². The smallest absolute Gasteiger partial charge is 0.269 e. The Hall–Kier alpha value is -2.11. The fraction of sp³-hybridized carbons (Fsp3) is 0.0588. The van der Waals surface area contributed by atoms with E-state index in [0.29, 0.717) is 9.86 Å². The maximum absolute atomic E-state index is 11.9. The van der Waals surface area contributed by atoms with E-state index in [1.807, 2.05) is 23.6 Å². The number of hydrogen-bond acceptors (Lipinski definition) is 4. The van der Waals surface area contributed by atoms with Gasteiger partial charge in [0.15, 0.2) is 5.16 Å². The molecule has 2 aromatic heterocycles. The average Bonchev–Trinajstić information content (AvgIpc) is 3.02. The summed E-state index contributed by atoms with van der Waals surface area (Å²) in [6, 6.07) is 16.6. The van der Waals surface area contributed by atoms with Gasteiger partial charge in [-0.2, -0.15) is 0 Å². The van der Waals surface area contributed by atoms with Crippen molar-refractivity contribution < 1.29 is 0 Å². The highest BCUT2D eigenvalue weighted by Crippen LogP contribution is 2.23. The monoisotopic (exact) mass is 324 g/mol. The topological polar surface area (TPSA) is 45.8 Å². The van der Waals surface area contributed by atoms with Crippen LogP contribution in [0.25, 0.3) is 21.0 Å². The molecule has 4 rings (SSSR count). The normalized spacial score (nSPS) is 11.3. The van der Waals surface area contributed by atoms with Crippen LogP contribution in [0, 0.1) is 0 Å². The minimum atomic E-state index is -0.0546. The number of hydrogen-bond donors (Lipinski definition) is 1. The molecule has 0 bridgehead atoms. The van der Waals surface area contributed by atoms with Crippen molar-refractivity contribution in [2.45, 2.75) is 10.9 Å². The van der Waals surface area contributed by atoms with Gasteiger partial charge in [0.25, 0.3) is 5.56 Å². The molecule has 0 aliphatic heterocycles. The molecule has 22 heavy (non-hydrogen) atoms. The Bertz CT molecular complexity index is 1020. The largest absolute Gasteiger partial charge is 0.300 e. The summed E-state index contributed by atoms with van der Waals surface area (Å²) in [6.07, 6.45) is 0. The van der Waals surface area contributed by atoms with Gasteiger partial charge in [-0.3, -0.25) is 4.79 Å². The third-order valence-electron chi connectivity index (χ3n) is 3.48. The van der Waals surface area contributed by atoms with Crippen LogP contribution in [0.2, 0.25) is 0 Å². The molecule has 108 valence electrons. The molecule has 4 aromatic rings. The standard InChI is InChI=1S/C17H12N2OS2/c20-16-15-14(7-8-21-15)18-17(19-16)22-10-11-5-6-12-3-1-2-4-13(12)9-11/h1-9H,10H2,(H,18,19,20). The lowest BCUT2D eigenvalue weighted by atomic mass is 10.1. The molecule has 0 unspecified atom stereocenters. The summed E-state index contributed by atoms with van der Waals surface area (Å²) in [5.74, 6) is 0.781. The van der Waals surface area contributed by atoms with Crippen molar-refractivity contribution in [1.82, 2.24) is 9.97 Å². The van der Waals surface area contributed by atoms with Crippen molar-refractivity contribution in [2.24, 2.45) is 0 Å². The number of thioether (sulfide) groups is 1. The molecule has 0 radical (unpaired) electrons. The Balaban J connectivity index is 1.60. The molecule has 0 aliphatic rings. The van der Waals surface area contributed by atoms with Crippen molar-refractivity contribution in [2.75, 3.05) is 0 Å². The summed E-state index contributed by atoms with van der Waals surface area (Å²) < 4.78 is 0.690. The molecular weight excluding hydrogens is 312 g/mol. The highest BCUT2D eigenvalue weighted by molar-refractivity contribution is 7.98. The van der Waals surface area contributed by atoms with Crippen LogP contribution in [0.3, 0.4) is 0 Å². The van der Waals surface area contributed by atoms with E-state index in [2.05, 4.69) is 40.3 Å². The maximum Gasteiger partial charge on any atom is 0.269 e. The van der Waals surface area contributed by atoms with Crippen molar-refractivity contribution >= 4 is 44.1 Å². The first-order valence-electron chi connectivity index (χ1n) is 6.87. The second-order valence-corrected chi connectivity index (χ2v) is 6.86. The summed E-state index contributed by atoms with van der Waals surface area (Å²) in [4.78, 5) is 19.3. The van der Waals surface area contributed by atoms with Crippen LogP contribution >= 0.6 is 23.1 Å². The Morgan fingerprint density at radius 3 is 2.86 bits per heavy atom. The molecule has 0 saturated heterocycles. The molecule has 0 saturated carbocycles. The fourth-order valence-corrected chi connectivity index (χ4v) is 3.94. The SMILES string of the molecule is O=c1[nH]c(SCc2ccc3ccccc3c2)nc2ccsc12. The molecule has 0 spiro atoms. The molecule has 2 aromatic carbocycles. The van der Waals surface area contributed by atoms with Crippen molar-refractivity contribution in [1.29, 1.82) is 0 Å². The third kappa shape index (κ3) is 2.53. The van der Waals surface area contributed by atoms with Crippen molar-refractivity contribution in [3.8, 4) is 0 Å². The van der Waals surface area contributed by atoms with E-state index >= 15 is 0 Å². The number of benzene rings is 2. The summed E-state index contributed by atoms with van der Waals surface area (Å²) in [5, 5.41) is 5.03. The van der Waals surface area contributed by atoms with E-state index in [9.17, 15) is 4.79 Å². The highest BCUT2D eigenvalue weighted by atomic mass is 32.2. The average molecular weight is 324 g/mol. The minimum absolute atomic E-state index is 0.0546. The second kappa shape index (κ2) is 5.59. The molecule has 0 atom stereocenters. The summed E-state index contributed by atoms with van der Waals surface area (Å²) in [7, 11) is 0. The molecule has 0 aliphatic carbocycles. The predicted molar refractivity (Wildman–Crippen MR) is 93.7 cm³/mol. The lowest BCUT2D eigenvalue weighted by molar-refractivity contribution is 0.978. The summed E-state index contributed by atoms with van der Waals surface area (Å²) >= 11 is 2.98. The second-order valence-electron chi connectivity index (χ2n) is 4.98. The van der Waals surface area contributed by atoms with Gasteiger partial charge in [0, 0.05) is 5.75 Å². The zero-order valence-electron chi connectivity index (χ0n) is 11.6. The van der Waals surface area contributed by atoms with Gasteiger partial charge in [-0.15, -0.1) is 11.3 Å². The Kier molecular flexibility index (Phi) is 3.44. The van der Waals surface area contributed by atoms with Gasteiger partial charge in [0.1, 0.15) is 4.70 Å². The van der Waals surface area contributed by atoms with Gasteiger partial charge in [0.2, 0.25) is 0 Å². The van der Waals surface area contributed by atoms with Crippen LogP contribution < -0.4 is 5.56 Å². The number of aromatic amines is 1. The number of thiophene rings is 1. The number of nitrogens with one attached hydrogen (secondary N) is 1. The van der Waals surface area contributed by atoms with E-state index in [-0.39, 0.29) is 5.56 Å². The maximum atomic E-state index is 11.9. The van der Waals surface area contributed by atoms with E-state index in [1.54, 1.807) is 11.8 Å². The number of aromatic nitrogens is 2. The number of nitrogens with zero attached hydrogens (tertiary/aromatic N) is 1. The van der Waals surface area contributed by atoms with Gasteiger partial charge in [-0.25, -0.2) is 4.98 Å². The van der Waals surface area contributed by atoms with E-state index in [0.717, 1.165) is 11.3 Å². The Labute approximate surface area is 135 Å². The molecule has 3 nitrogen and oxygen atoms in total. The lowest BCUT2D eigenvalue weighted by Gasteiger charge is -2.04. The first kappa shape index (κ1) is 13.5. The lowest BCUT2D eigenvalue weighted by Crippen LogP contribution is -2.07. The molecule has 2 heterocycles. The van der Waals surface area contributed by atoms with Crippen LogP contribution in [-0.2, 0) is 5.75 Å².